The lowest BCUT2D eigenvalue weighted by molar-refractivity contribution is -0.143. The second kappa shape index (κ2) is 8.17. The zero-order valence-corrected chi connectivity index (χ0v) is 14.4. The zero-order valence-electron chi connectivity index (χ0n) is 14.4. The number of carbonyl (C=O) groups excluding carboxylic acids is 1. The van der Waals surface area contributed by atoms with Crippen molar-refractivity contribution in [2.45, 2.75) is 79.1 Å². The van der Waals surface area contributed by atoms with Crippen molar-refractivity contribution in [1.29, 1.82) is 0 Å². The minimum absolute atomic E-state index is 0.0619. The van der Waals surface area contributed by atoms with Crippen LogP contribution in [0.25, 0.3) is 0 Å². The van der Waals surface area contributed by atoms with Crippen molar-refractivity contribution in [2.75, 3.05) is 13.2 Å². The van der Waals surface area contributed by atoms with Crippen molar-refractivity contribution < 1.29 is 14.6 Å². The van der Waals surface area contributed by atoms with E-state index in [1.54, 1.807) is 0 Å². The van der Waals surface area contributed by atoms with Gasteiger partial charge >= 0.3 is 5.97 Å². The van der Waals surface area contributed by atoms with Gasteiger partial charge in [0.25, 0.3) is 0 Å². The molecule has 1 rings (SSSR count). The Balaban J connectivity index is 2.18. The molecule has 0 aliphatic heterocycles. The minimum atomic E-state index is -0.0619. The van der Waals surface area contributed by atoms with E-state index in [-0.39, 0.29) is 16.8 Å². The second-order valence-corrected chi connectivity index (χ2v) is 7.43. The molecule has 1 fully saturated rings. The lowest BCUT2D eigenvalue weighted by atomic mass is 9.65. The van der Waals surface area contributed by atoms with E-state index in [2.05, 4.69) is 20.8 Å². The first-order valence-electron chi connectivity index (χ1n) is 8.64. The third-order valence-corrected chi connectivity index (χ3v) is 5.96. The fourth-order valence-electron chi connectivity index (χ4n) is 3.70. The molecule has 0 heterocycles. The summed E-state index contributed by atoms with van der Waals surface area (Å²) >= 11 is 0. The molecule has 1 N–H and O–H groups in total. The summed E-state index contributed by atoms with van der Waals surface area (Å²) in [6.45, 7) is 9.51. The summed E-state index contributed by atoms with van der Waals surface area (Å²) in [7, 11) is 0. The molecule has 124 valence electrons. The van der Waals surface area contributed by atoms with Crippen LogP contribution < -0.4 is 0 Å². The maximum atomic E-state index is 11.2. The van der Waals surface area contributed by atoms with Crippen LogP contribution in [-0.4, -0.2) is 24.3 Å². The van der Waals surface area contributed by atoms with Crippen LogP contribution in [0.5, 0.6) is 0 Å². The van der Waals surface area contributed by atoms with Crippen molar-refractivity contribution in [2.24, 2.45) is 16.7 Å². The summed E-state index contributed by atoms with van der Waals surface area (Å²) in [4.78, 5) is 11.2. The molecule has 1 unspecified atom stereocenters. The number of rotatable bonds is 9. The zero-order chi connectivity index (χ0) is 15.9. The first kappa shape index (κ1) is 18.5. The highest BCUT2D eigenvalue weighted by molar-refractivity contribution is 5.69. The summed E-state index contributed by atoms with van der Waals surface area (Å²) in [5.74, 6) is 0.660. The van der Waals surface area contributed by atoms with E-state index in [1.807, 2.05) is 6.92 Å². The highest BCUT2D eigenvalue weighted by atomic mass is 16.5. The monoisotopic (exact) mass is 298 g/mol. The highest BCUT2D eigenvalue weighted by Crippen LogP contribution is 2.56. The molecule has 0 saturated heterocycles. The van der Waals surface area contributed by atoms with Crippen LogP contribution in [0, 0.1) is 16.7 Å². The van der Waals surface area contributed by atoms with Crippen LogP contribution >= 0.6 is 0 Å². The average molecular weight is 298 g/mol. The van der Waals surface area contributed by atoms with Crippen molar-refractivity contribution >= 4 is 5.97 Å². The van der Waals surface area contributed by atoms with Gasteiger partial charge in [-0.1, -0.05) is 40.0 Å². The third-order valence-electron chi connectivity index (χ3n) is 5.96. The Morgan fingerprint density at radius 1 is 1.19 bits per heavy atom. The normalized spacial score (nSPS) is 27.8. The topological polar surface area (TPSA) is 46.5 Å². The Kier molecular flexibility index (Phi) is 7.19. The van der Waals surface area contributed by atoms with Crippen molar-refractivity contribution in [3.8, 4) is 0 Å². The predicted octanol–water partition coefficient (Wildman–Crippen LogP) is 4.32. The summed E-state index contributed by atoms with van der Waals surface area (Å²) in [6, 6.07) is 0. The molecule has 0 amide bonds. The largest absolute Gasteiger partial charge is 0.466 e. The Morgan fingerprint density at radius 3 is 2.43 bits per heavy atom. The van der Waals surface area contributed by atoms with Crippen LogP contribution in [0.15, 0.2) is 0 Å². The average Bonchev–Trinajstić information content (AvgIpc) is 2.66. The van der Waals surface area contributed by atoms with Crippen molar-refractivity contribution in [3.05, 3.63) is 0 Å². The standard InChI is InChI=1S/C18H34O3/c1-5-21-16(20)11-9-7-6-8-10-15-12-13-18(4,14-19)17(15,2)3/h15,19H,5-14H2,1-4H3/t15-,18?/m0/s1. The third kappa shape index (κ3) is 4.70. The van der Waals surface area contributed by atoms with Crippen LogP contribution in [0.3, 0.4) is 0 Å². The molecule has 21 heavy (non-hydrogen) atoms. The van der Waals surface area contributed by atoms with E-state index in [1.165, 1.54) is 25.7 Å². The summed E-state index contributed by atoms with van der Waals surface area (Å²) in [6.07, 6.45) is 8.69. The van der Waals surface area contributed by atoms with Gasteiger partial charge in [-0.2, -0.15) is 0 Å². The molecule has 0 aromatic carbocycles. The maximum Gasteiger partial charge on any atom is 0.305 e. The Hall–Kier alpha value is -0.570. The predicted molar refractivity (Wildman–Crippen MR) is 86.0 cm³/mol. The Morgan fingerprint density at radius 2 is 1.86 bits per heavy atom. The molecule has 1 aliphatic rings. The first-order chi connectivity index (χ1) is 9.87. The Bertz CT molecular complexity index is 324. The summed E-state index contributed by atoms with van der Waals surface area (Å²) in [5.41, 5.74) is 0.314. The summed E-state index contributed by atoms with van der Waals surface area (Å²) in [5, 5.41) is 9.67. The number of unbranched alkanes of at least 4 members (excludes halogenated alkanes) is 3. The molecule has 0 spiro atoms. The fraction of sp³-hybridized carbons (Fsp3) is 0.944. The van der Waals surface area contributed by atoms with Gasteiger partial charge in [-0.05, 0) is 49.4 Å². The minimum Gasteiger partial charge on any atom is -0.466 e. The molecule has 1 saturated carbocycles. The van der Waals surface area contributed by atoms with Gasteiger partial charge in [0.2, 0.25) is 0 Å². The van der Waals surface area contributed by atoms with Crippen LogP contribution in [0.1, 0.15) is 79.1 Å². The van der Waals surface area contributed by atoms with Crippen LogP contribution in [0.2, 0.25) is 0 Å². The fourth-order valence-corrected chi connectivity index (χ4v) is 3.70. The van der Waals surface area contributed by atoms with Gasteiger partial charge in [0.05, 0.1) is 6.61 Å². The molecule has 2 atom stereocenters. The van der Waals surface area contributed by atoms with Crippen molar-refractivity contribution in [1.82, 2.24) is 0 Å². The van der Waals surface area contributed by atoms with E-state index >= 15 is 0 Å². The molecule has 3 nitrogen and oxygen atoms in total. The van der Waals surface area contributed by atoms with E-state index in [4.69, 9.17) is 4.74 Å². The second-order valence-electron chi connectivity index (χ2n) is 7.43. The lowest BCUT2D eigenvalue weighted by Crippen LogP contribution is -2.37. The first-order valence-corrected chi connectivity index (χ1v) is 8.64. The molecule has 0 aromatic heterocycles. The van der Waals surface area contributed by atoms with Crippen LogP contribution in [-0.2, 0) is 9.53 Å². The van der Waals surface area contributed by atoms with Gasteiger partial charge in [-0.15, -0.1) is 0 Å². The van der Waals surface area contributed by atoms with E-state index in [9.17, 15) is 9.90 Å². The molecule has 0 bridgehead atoms. The number of aliphatic hydroxyl groups is 1. The number of hydrogen-bond acceptors (Lipinski definition) is 3. The number of carbonyl (C=O) groups is 1. The highest BCUT2D eigenvalue weighted by Gasteiger charge is 2.50. The van der Waals surface area contributed by atoms with E-state index in [0.717, 1.165) is 25.2 Å². The van der Waals surface area contributed by atoms with Gasteiger partial charge in [0.1, 0.15) is 0 Å². The number of hydrogen-bond donors (Lipinski definition) is 1. The van der Waals surface area contributed by atoms with Crippen LogP contribution in [0.4, 0.5) is 0 Å². The molecule has 0 aromatic rings. The smallest absolute Gasteiger partial charge is 0.305 e. The number of aliphatic hydroxyl groups excluding tert-OH is 1. The van der Waals surface area contributed by atoms with Crippen molar-refractivity contribution in [3.63, 3.8) is 0 Å². The lowest BCUT2D eigenvalue weighted by Gasteiger charge is -2.40. The molecule has 1 aliphatic carbocycles. The van der Waals surface area contributed by atoms with E-state index < -0.39 is 0 Å². The van der Waals surface area contributed by atoms with Gasteiger partial charge in [-0.25, -0.2) is 0 Å². The number of esters is 1. The SMILES string of the molecule is CCOC(=O)CCCCCC[C@H]1CCC(C)(CO)C1(C)C. The van der Waals surface area contributed by atoms with Gasteiger partial charge in [0.15, 0.2) is 0 Å². The molecular formula is C18H34O3. The Labute approximate surface area is 130 Å². The quantitative estimate of drug-likeness (QED) is 0.509. The van der Waals surface area contributed by atoms with Gasteiger partial charge < -0.3 is 9.84 Å². The van der Waals surface area contributed by atoms with E-state index in [0.29, 0.717) is 19.6 Å². The summed E-state index contributed by atoms with van der Waals surface area (Å²) < 4.78 is 4.93. The molecule has 3 heteroatoms. The molecule has 0 radical (unpaired) electrons. The van der Waals surface area contributed by atoms with Gasteiger partial charge in [0, 0.05) is 13.0 Å². The number of ether oxygens (including phenoxy) is 1. The van der Waals surface area contributed by atoms with Gasteiger partial charge in [-0.3, -0.25) is 4.79 Å². The molecular weight excluding hydrogens is 264 g/mol. The maximum absolute atomic E-state index is 11.2.